The number of rotatable bonds is 1. The van der Waals surface area contributed by atoms with Crippen molar-refractivity contribution in [2.45, 2.75) is 0 Å². The van der Waals surface area contributed by atoms with Gasteiger partial charge in [0.2, 0.25) is 5.89 Å². The highest BCUT2D eigenvalue weighted by Gasteiger charge is 2.03. The van der Waals surface area contributed by atoms with Crippen LogP contribution in [0.15, 0.2) is 39.3 Å². The molecule has 6 heteroatoms. The first-order chi connectivity index (χ1) is 7.29. The van der Waals surface area contributed by atoms with Crippen LogP contribution in [0, 0.1) is 0 Å². The van der Waals surface area contributed by atoms with Crippen molar-refractivity contribution in [1.29, 1.82) is 0 Å². The quantitative estimate of drug-likeness (QED) is 0.791. The molecule has 0 fully saturated rings. The van der Waals surface area contributed by atoms with Gasteiger partial charge in [-0.25, -0.2) is 0 Å². The van der Waals surface area contributed by atoms with Crippen LogP contribution in [0.3, 0.4) is 0 Å². The van der Waals surface area contributed by atoms with Gasteiger partial charge in [-0.3, -0.25) is 0 Å². The van der Waals surface area contributed by atoms with Crippen molar-refractivity contribution in [3.63, 3.8) is 0 Å². The monoisotopic (exact) mass is 222 g/mol. The highest BCUT2D eigenvalue weighted by Crippen LogP contribution is 2.15. The molecule has 0 aliphatic heterocycles. The van der Waals surface area contributed by atoms with E-state index in [0.717, 1.165) is 5.56 Å². The summed E-state index contributed by atoms with van der Waals surface area (Å²) in [5.41, 5.74) is 6.30. The van der Waals surface area contributed by atoms with Gasteiger partial charge in [0.15, 0.2) is 0 Å². The number of anilines is 1. The Hall–Kier alpha value is -1.88. The second-order valence-electron chi connectivity index (χ2n) is 2.72. The van der Waals surface area contributed by atoms with Crippen LogP contribution in [0.2, 0.25) is 0 Å². The first-order valence-corrected chi connectivity index (χ1v) is 4.48. The number of nitrogens with zero attached hydrogens (tertiary/aromatic N) is 3. The van der Waals surface area contributed by atoms with Crippen LogP contribution in [0.5, 0.6) is 0 Å². The van der Waals surface area contributed by atoms with Crippen molar-refractivity contribution in [1.82, 2.24) is 9.97 Å². The highest BCUT2D eigenvalue weighted by atomic mass is 35.5. The first kappa shape index (κ1) is 9.67. The molecule has 0 aliphatic rings. The Morgan fingerprint density at radius 2 is 1.93 bits per heavy atom. The number of hydrogen-bond donors (Lipinski definition) is 1. The molecular weight excluding hydrogens is 216 g/mol. The van der Waals surface area contributed by atoms with Gasteiger partial charge < -0.3 is 10.2 Å². The van der Waals surface area contributed by atoms with Crippen molar-refractivity contribution in [3.05, 3.63) is 36.0 Å². The molecule has 2 N–H and O–H groups in total. The smallest absolute Gasteiger partial charge is 0.297 e. The maximum atomic E-state index is 5.44. The maximum Gasteiger partial charge on any atom is 0.297 e. The van der Waals surface area contributed by atoms with Crippen LogP contribution < -0.4 is 11.4 Å². The third-order valence-corrected chi connectivity index (χ3v) is 1.86. The molecule has 2 aromatic rings. The average Bonchev–Trinajstić information content (AvgIpc) is 2.29. The number of benzene rings is 1. The van der Waals surface area contributed by atoms with Gasteiger partial charge in [-0.1, -0.05) is 18.2 Å². The summed E-state index contributed by atoms with van der Waals surface area (Å²) in [5, 5.41) is 0. The van der Waals surface area contributed by atoms with E-state index in [0.29, 0.717) is 5.89 Å². The molecule has 15 heavy (non-hydrogen) atoms. The minimum atomic E-state index is -0.0248. The minimum Gasteiger partial charge on any atom is -0.406 e. The average molecular weight is 223 g/mol. The first-order valence-electron chi connectivity index (χ1n) is 4.14. The summed E-state index contributed by atoms with van der Waals surface area (Å²) >= 11 is 5.26. The Morgan fingerprint density at radius 1 is 1.20 bits per heavy atom. The van der Waals surface area contributed by atoms with Crippen LogP contribution in [0.4, 0.5) is 6.01 Å². The number of nitrogens with two attached hydrogens (primary N) is 1. The van der Waals surface area contributed by atoms with E-state index in [4.69, 9.17) is 21.9 Å². The van der Waals surface area contributed by atoms with Crippen LogP contribution >= 0.6 is 11.8 Å². The molecule has 2 rings (SSSR count). The predicted octanol–water partition coefficient (Wildman–Crippen LogP) is 1.37. The summed E-state index contributed by atoms with van der Waals surface area (Å²) in [6.07, 6.45) is 0. The Labute approximate surface area is 90.4 Å². The standard InChI is InChI=1S/C9H7ClN4O/c10-14-9-12-7(15-8(11)13-9)6-4-2-1-3-5-6/h1-5H,(H2,11,13,14). The van der Waals surface area contributed by atoms with E-state index < -0.39 is 0 Å². The van der Waals surface area contributed by atoms with Crippen molar-refractivity contribution in [2.75, 3.05) is 5.73 Å². The van der Waals surface area contributed by atoms with Crippen LogP contribution in [-0.4, -0.2) is 9.97 Å². The summed E-state index contributed by atoms with van der Waals surface area (Å²) in [6.45, 7) is 0. The molecule has 0 bridgehead atoms. The number of hydrogen-bond acceptors (Lipinski definition) is 5. The molecule has 0 saturated carbocycles. The number of aromatic nitrogens is 2. The molecule has 5 nitrogen and oxygen atoms in total. The molecular formula is C9H7ClN4O. The molecule has 0 atom stereocenters. The second-order valence-corrected chi connectivity index (χ2v) is 2.89. The third-order valence-electron chi connectivity index (χ3n) is 1.71. The Balaban J connectivity index is 2.59. The SMILES string of the molecule is Nc1n/c(=N\Cl)nc(-c2ccccc2)o1. The lowest BCUT2D eigenvalue weighted by molar-refractivity contribution is 0.536. The molecule has 1 aromatic carbocycles. The zero-order chi connectivity index (χ0) is 10.7. The maximum absolute atomic E-state index is 5.44. The van der Waals surface area contributed by atoms with Gasteiger partial charge in [0, 0.05) is 17.3 Å². The largest absolute Gasteiger partial charge is 0.406 e. The Morgan fingerprint density at radius 3 is 2.60 bits per heavy atom. The van der Waals surface area contributed by atoms with Gasteiger partial charge in [0.1, 0.15) is 0 Å². The Bertz CT molecular complexity index is 523. The molecule has 0 saturated heterocycles. The van der Waals surface area contributed by atoms with E-state index in [1.165, 1.54) is 0 Å². The molecule has 76 valence electrons. The fraction of sp³-hybridized carbons (Fsp3) is 0. The summed E-state index contributed by atoms with van der Waals surface area (Å²) in [7, 11) is 0. The molecule has 0 aliphatic carbocycles. The van der Waals surface area contributed by atoms with Crippen molar-refractivity contribution in [2.24, 2.45) is 4.51 Å². The van der Waals surface area contributed by atoms with Gasteiger partial charge in [-0.15, -0.1) is 4.51 Å². The van der Waals surface area contributed by atoms with Crippen LogP contribution in [-0.2, 0) is 0 Å². The normalized spacial score (nSPS) is 11.7. The number of halogens is 1. The second kappa shape index (κ2) is 4.10. The molecule has 1 heterocycles. The lowest BCUT2D eigenvalue weighted by Crippen LogP contribution is -2.14. The van der Waals surface area contributed by atoms with E-state index in [1.54, 1.807) is 0 Å². The third kappa shape index (κ3) is 2.13. The van der Waals surface area contributed by atoms with E-state index in [1.807, 2.05) is 30.3 Å². The fourth-order valence-electron chi connectivity index (χ4n) is 1.10. The molecule has 0 spiro atoms. The van der Waals surface area contributed by atoms with Crippen LogP contribution in [0.1, 0.15) is 0 Å². The van der Waals surface area contributed by atoms with Crippen molar-refractivity contribution in [3.8, 4) is 11.5 Å². The van der Waals surface area contributed by atoms with E-state index in [9.17, 15) is 0 Å². The van der Waals surface area contributed by atoms with Crippen molar-refractivity contribution >= 4 is 17.8 Å². The summed E-state index contributed by atoms with van der Waals surface area (Å²) in [4.78, 5) is 7.65. The van der Waals surface area contributed by atoms with E-state index >= 15 is 0 Å². The van der Waals surface area contributed by atoms with Gasteiger partial charge in [-0.2, -0.15) is 9.97 Å². The summed E-state index contributed by atoms with van der Waals surface area (Å²) in [5.74, 6) is 0.336. The zero-order valence-electron chi connectivity index (χ0n) is 7.59. The molecule has 1 aromatic heterocycles. The van der Waals surface area contributed by atoms with E-state index in [-0.39, 0.29) is 11.6 Å². The highest BCUT2D eigenvalue weighted by molar-refractivity contribution is 6.14. The predicted molar refractivity (Wildman–Crippen MR) is 55.6 cm³/mol. The van der Waals surface area contributed by atoms with Crippen LogP contribution in [0.25, 0.3) is 11.5 Å². The summed E-state index contributed by atoms with van der Waals surface area (Å²) in [6, 6.07) is 9.26. The molecule has 0 radical (unpaired) electrons. The van der Waals surface area contributed by atoms with Crippen molar-refractivity contribution < 1.29 is 4.42 Å². The van der Waals surface area contributed by atoms with Gasteiger partial charge in [0.25, 0.3) is 11.6 Å². The number of nitrogen functional groups attached to an aromatic ring is 1. The zero-order valence-corrected chi connectivity index (χ0v) is 8.35. The Kier molecular flexibility index (Phi) is 2.64. The van der Waals surface area contributed by atoms with Gasteiger partial charge in [-0.05, 0) is 12.1 Å². The van der Waals surface area contributed by atoms with Gasteiger partial charge in [0.05, 0.1) is 0 Å². The van der Waals surface area contributed by atoms with E-state index in [2.05, 4.69) is 14.5 Å². The molecule has 0 unspecified atom stereocenters. The fourth-order valence-corrected chi connectivity index (χ4v) is 1.18. The topological polar surface area (TPSA) is 77.3 Å². The molecule has 0 amide bonds. The minimum absolute atomic E-state index is 0.0248. The summed E-state index contributed by atoms with van der Waals surface area (Å²) < 4.78 is 8.47. The lowest BCUT2D eigenvalue weighted by atomic mass is 10.2. The lowest BCUT2D eigenvalue weighted by Gasteiger charge is -1.98. The van der Waals surface area contributed by atoms with Gasteiger partial charge >= 0.3 is 0 Å².